The highest BCUT2D eigenvalue weighted by Gasteiger charge is 2.24. The van der Waals surface area contributed by atoms with Crippen molar-refractivity contribution in [1.29, 1.82) is 0 Å². The van der Waals surface area contributed by atoms with E-state index in [1.807, 2.05) is 0 Å². The molecule has 110 valence electrons. The fourth-order valence-corrected chi connectivity index (χ4v) is 3.54. The van der Waals surface area contributed by atoms with Crippen LogP contribution in [0.4, 0.5) is 0 Å². The Labute approximate surface area is 118 Å². The van der Waals surface area contributed by atoms with E-state index in [9.17, 15) is 0 Å². The monoisotopic (exact) mass is 265 g/mol. The zero-order chi connectivity index (χ0) is 12.9. The number of hydrogen-bond acceptors (Lipinski definition) is 3. The lowest BCUT2D eigenvalue weighted by Crippen LogP contribution is -2.43. The minimum absolute atomic E-state index is 0.815. The fourth-order valence-electron chi connectivity index (χ4n) is 3.54. The Kier molecular flexibility index (Phi) is 5.14. The second-order valence-electron chi connectivity index (χ2n) is 6.87. The minimum Gasteiger partial charge on any atom is -0.314 e. The van der Waals surface area contributed by atoms with Crippen LogP contribution in [0.25, 0.3) is 0 Å². The van der Waals surface area contributed by atoms with Crippen LogP contribution >= 0.6 is 0 Å². The van der Waals surface area contributed by atoms with Gasteiger partial charge in [0.1, 0.15) is 0 Å². The number of piperidine rings is 1. The lowest BCUT2D eigenvalue weighted by atomic mass is 10.0. The summed E-state index contributed by atoms with van der Waals surface area (Å²) in [4.78, 5) is 5.33. The highest BCUT2D eigenvalue weighted by Crippen LogP contribution is 2.28. The van der Waals surface area contributed by atoms with Gasteiger partial charge in [-0.25, -0.2) is 0 Å². The lowest BCUT2D eigenvalue weighted by molar-refractivity contribution is 0.186. The molecule has 0 aromatic heterocycles. The third-order valence-corrected chi connectivity index (χ3v) is 5.13. The van der Waals surface area contributed by atoms with Gasteiger partial charge in [0.25, 0.3) is 0 Å². The third-order valence-electron chi connectivity index (χ3n) is 5.13. The normalized spacial score (nSPS) is 27.2. The Bertz CT molecular complexity index is 251. The molecule has 0 atom stereocenters. The largest absolute Gasteiger partial charge is 0.314 e. The highest BCUT2D eigenvalue weighted by atomic mass is 15.2. The highest BCUT2D eigenvalue weighted by molar-refractivity contribution is 4.81. The summed E-state index contributed by atoms with van der Waals surface area (Å²) in [5, 5.41) is 3.77. The summed E-state index contributed by atoms with van der Waals surface area (Å²) >= 11 is 0. The van der Waals surface area contributed by atoms with Gasteiger partial charge in [-0.2, -0.15) is 0 Å². The first-order valence-corrected chi connectivity index (χ1v) is 8.58. The van der Waals surface area contributed by atoms with Crippen molar-refractivity contribution in [3.63, 3.8) is 0 Å². The summed E-state index contributed by atoms with van der Waals surface area (Å²) in [6.45, 7) is 9.30. The lowest BCUT2D eigenvalue weighted by Gasteiger charge is -2.32. The van der Waals surface area contributed by atoms with E-state index in [1.54, 1.807) is 0 Å². The zero-order valence-corrected chi connectivity index (χ0v) is 12.4. The predicted octanol–water partition coefficient (Wildman–Crippen LogP) is 1.94. The van der Waals surface area contributed by atoms with Crippen LogP contribution in [0.1, 0.15) is 44.9 Å². The first kappa shape index (κ1) is 13.8. The number of likely N-dealkylation sites (tertiary alicyclic amines) is 2. The van der Waals surface area contributed by atoms with Crippen LogP contribution in [0.15, 0.2) is 0 Å². The van der Waals surface area contributed by atoms with Crippen molar-refractivity contribution < 1.29 is 0 Å². The van der Waals surface area contributed by atoms with Crippen LogP contribution < -0.4 is 5.32 Å². The molecule has 2 heterocycles. The standard InChI is InChI=1S/C16H31N3/c1-2-9-18(8-1)10-3-11-19-12-6-16(7-13-19)17-14-15-4-5-15/h15-17H,1-14H2. The van der Waals surface area contributed by atoms with Gasteiger partial charge >= 0.3 is 0 Å². The Morgan fingerprint density at radius 1 is 0.789 bits per heavy atom. The quantitative estimate of drug-likeness (QED) is 0.759. The molecule has 0 bridgehead atoms. The average molecular weight is 265 g/mol. The maximum atomic E-state index is 3.77. The Morgan fingerprint density at radius 2 is 1.42 bits per heavy atom. The number of hydrogen-bond donors (Lipinski definition) is 1. The topological polar surface area (TPSA) is 18.5 Å². The molecule has 1 aliphatic carbocycles. The summed E-state index contributed by atoms with van der Waals surface area (Å²) in [7, 11) is 0. The van der Waals surface area contributed by atoms with E-state index < -0.39 is 0 Å². The molecule has 3 rings (SSSR count). The van der Waals surface area contributed by atoms with Crippen molar-refractivity contribution in [2.75, 3.05) is 45.8 Å². The van der Waals surface area contributed by atoms with E-state index >= 15 is 0 Å². The molecule has 0 spiro atoms. The van der Waals surface area contributed by atoms with Gasteiger partial charge in [0.05, 0.1) is 0 Å². The van der Waals surface area contributed by atoms with Crippen molar-refractivity contribution in [3.8, 4) is 0 Å². The molecule has 0 radical (unpaired) electrons. The van der Waals surface area contributed by atoms with E-state index in [4.69, 9.17) is 0 Å². The van der Waals surface area contributed by atoms with Crippen LogP contribution in [0.2, 0.25) is 0 Å². The Morgan fingerprint density at radius 3 is 2.05 bits per heavy atom. The van der Waals surface area contributed by atoms with Gasteiger partial charge in [-0.05, 0) is 96.7 Å². The van der Waals surface area contributed by atoms with Crippen LogP contribution in [-0.2, 0) is 0 Å². The van der Waals surface area contributed by atoms with Gasteiger partial charge in [-0.15, -0.1) is 0 Å². The first-order valence-electron chi connectivity index (χ1n) is 8.58. The Balaban J connectivity index is 1.23. The molecule has 0 unspecified atom stereocenters. The minimum atomic E-state index is 0.815. The fraction of sp³-hybridized carbons (Fsp3) is 1.00. The van der Waals surface area contributed by atoms with E-state index in [1.165, 1.54) is 90.8 Å². The molecule has 2 aliphatic heterocycles. The smallest absolute Gasteiger partial charge is 0.00915 e. The third kappa shape index (κ3) is 4.73. The molecule has 0 amide bonds. The molecule has 3 nitrogen and oxygen atoms in total. The number of nitrogens with one attached hydrogen (secondary N) is 1. The SMILES string of the molecule is C1CCN(CCCN2CCC(NCC3CC3)CC2)C1. The van der Waals surface area contributed by atoms with Crippen molar-refractivity contribution in [3.05, 3.63) is 0 Å². The zero-order valence-electron chi connectivity index (χ0n) is 12.4. The maximum absolute atomic E-state index is 3.77. The van der Waals surface area contributed by atoms with Gasteiger partial charge in [0, 0.05) is 6.04 Å². The number of rotatable bonds is 7. The molecular formula is C16H31N3. The van der Waals surface area contributed by atoms with Gasteiger partial charge in [0.15, 0.2) is 0 Å². The number of nitrogens with zero attached hydrogens (tertiary/aromatic N) is 2. The van der Waals surface area contributed by atoms with Crippen molar-refractivity contribution in [2.45, 2.75) is 51.0 Å². The molecule has 19 heavy (non-hydrogen) atoms. The molecular weight excluding hydrogens is 234 g/mol. The summed E-state index contributed by atoms with van der Waals surface area (Å²) in [5.74, 6) is 1.03. The summed E-state index contributed by atoms with van der Waals surface area (Å²) in [6, 6.07) is 0.815. The maximum Gasteiger partial charge on any atom is 0.00915 e. The van der Waals surface area contributed by atoms with Gasteiger partial charge in [0.2, 0.25) is 0 Å². The molecule has 0 aromatic rings. The second-order valence-corrected chi connectivity index (χ2v) is 6.87. The van der Waals surface area contributed by atoms with E-state index in [-0.39, 0.29) is 0 Å². The predicted molar refractivity (Wildman–Crippen MR) is 80.5 cm³/mol. The van der Waals surface area contributed by atoms with Crippen LogP contribution in [0, 0.1) is 5.92 Å². The molecule has 3 heteroatoms. The second kappa shape index (κ2) is 7.05. The van der Waals surface area contributed by atoms with Gasteiger partial charge in [-0.3, -0.25) is 0 Å². The average Bonchev–Trinajstić information content (AvgIpc) is 3.13. The molecule has 2 saturated heterocycles. The summed E-state index contributed by atoms with van der Waals surface area (Å²) in [5.41, 5.74) is 0. The van der Waals surface area contributed by atoms with Gasteiger partial charge in [-0.1, -0.05) is 0 Å². The van der Waals surface area contributed by atoms with Crippen LogP contribution in [0.5, 0.6) is 0 Å². The summed E-state index contributed by atoms with van der Waals surface area (Å²) in [6.07, 6.45) is 9.92. The van der Waals surface area contributed by atoms with E-state index in [0.717, 1.165) is 12.0 Å². The van der Waals surface area contributed by atoms with E-state index in [2.05, 4.69) is 15.1 Å². The van der Waals surface area contributed by atoms with Crippen LogP contribution in [0.3, 0.4) is 0 Å². The molecule has 3 fully saturated rings. The van der Waals surface area contributed by atoms with Gasteiger partial charge < -0.3 is 15.1 Å². The molecule has 0 aromatic carbocycles. The summed E-state index contributed by atoms with van der Waals surface area (Å²) < 4.78 is 0. The molecule has 1 N–H and O–H groups in total. The molecule has 1 saturated carbocycles. The van der Waals surface area contributed by atoms with Crippen molar-refractivity contribution >= 4 is 0 Å². The van der Waals surface area contributed by atoms with Crippen LogP contribution in [-0.4, -0.2) is 61.7 Å². The Hall–Kier alpha value is -0.120. The van der Waals surface area contributed by atoms with Crippen molar-refractivity contribution in [1.82, 2.24) is 15.1 Å². The first-order chi connectivity index (χ1) is 9.40. The van der Waals surface area contributed by atoms with Crippen molar-refractivity contribution in [2.24, 2.45) is 5.92 Å². The van der Waals surface area contributed by atoms with E-state index in [0.29, 0.717) is 0 Å². The molecule has 3 aliphatic rings.